The van der Waals surface area contributed by atoms with Gasteiger partial charge in [0.15, 0.2) is 0 Å². The summed E-state index contributed by atoms with van der Waals surface area (Å²) >= 11 is 0. The number of ether oxygens (including phenoxy) is 2. The summed E-state index contributed by atoms with van der Waals surface area (Å²) in [5.41, 5.74) is 0. The second kappa shape index (κ2) is 6.87. The average Bonchev–Trinajstić information content (AvgIpc) is 2.51. The van der Waals surface area contributed by atoms with Gasteiger partial charge in [0, 0.05) is 12.1 Å². The first-order chi connectivity index (χ1) is 10.4. The smallest absolute Gasteiger partial charge is 0.244 e. The third kappa shape index (κ3) is 3.55. The van der Waals surface area contributed by atoms with Gasteiger partial charge in [-0.2, -0.15) is 0 Å². The number of benzene rings is 1. The number of hydrogen-bond acceptors (Lipinski definition) is 4. The maximum Gasteiger partial charge on any atom is 0.244 e. The molecule has 0 spiro atoms. The van der Waals surface area contributed by atoms with Crippen molar-refractivity contribution in [1.29, 1.82) is 0 Å². The molecule has 0 saturated heterocycles. The van der Waals surface area contributed by atoms with Crippen LogP contribution in [0, 0.1) is 11.8 Å². The van der Waals surface area contributed by atoms with Crippen molar-refractivity contribution in [2.24, 2.45) is 11.8 Å². The summed E-state index contributed by atoms with van der Waals surface area (Å²) in [6.45, 7) is 4.29. The molecular weight excluding hydrogens is 302 g/mol. The van der Waals surface area contributed by atoms with Gasteiger partial charge < -0.3 is 9.47 Å². The summed E-state index contributed by atoms with van der Waals surface area (Å²) < 4.78 is 38.7. The first-order valence-electron chi connectivity index (χ1n) is 7.63. The molecule has 1 N–H and O–H groups in total. The van der Waals surface area contributed by atoms with Crippen LogP contribution in [-0.2, 0) is 10.0 Å². The zero-order valence-electron chi connectivity index (χ0n) is 13.6. The van der Waals surface area contributed by atoms with Gasteiger partial charge in [-0.3, -0.25) is 0 Å². The van der Waals surface area contributed by atoms with Crippen molar-refractivity contribution in [3.63, 3.8) is 0 Å². The molecule has 1 fully saturated rings. The largest absolute Gasteiger partial charge is 0.497 e. The van der Waals surface area contributed by atoms with Crippen molar-refractivity contribution >= 4 is 10.0 Å². The van der Waals surface area contributed by atoms with Crippen molar-refractivity contribution in [1.82, 2.24) is 4.72 Å². The van der Waals surface area contributed by atoms with Gasteiger partial charge in [-0.05, 0) is 30.4 Å². The molecule has 22 heavy (non-hydrogen) atoms. The van der Waals surface area contributed by atoms with Gasteiger partial charge in [0.25, 0.3) is 0 Å². The highest BCUT2D eigenvalue weighted by molar-refractivity contribution is 7.89. The van der Waals surface area contributed by atoms with E-state index in [9.17, 15) is 8.42 Å². The van der Waals surface area contributed by atoms with Crippen molar-refractivity contribution in [2.75, 3.05) is 14.2 Å². The third-order valence-electron chi connectivity index (χ3n) is 4.67. The van der Waals surface area contributed by atoms with Crippen LogP contribution in [0.2, 0.25) is 0 Å². The molecule has 0 radical (unpaired) electrons. The summed E-state index contributed by atoms with van der Waals surface area (Å²) in [6, 6.07) is 4.76. The number of sulfonamides is 1. The van der Waals surface area contributed by atoms with E-state index < -0.39 is 10.0 Å². The van der Waals surface area contributed by atoms with Crippen LogP contribution in [0.25, 0.3) is 0 Å². The van der Waals surface area contributed by atoms with E-state index in [1.807, 2.05) is 0 Å². The van der Waals surface area contributed by atoms with Crippen molar-refractivity contribution in [3.8, 4) is 11.5 Å². The van der Waals surface area contributed by atoms with Gasteiger partial charge in [-0.25, -0.2) is 13.1 Å². The molecule has 124 valence electrons. The highest BCUT2D eigenvalue weighted by atomic mass is 32.2. The molecule has 1 aromatic carbocycles. The first kappa shape index (κ1) is 17.1. The molecule has 2 rings (SSSR count). The monoisotopic (exact) mass is 327 g/mol. The second-order valence-corrected chi connectivity index (χ2v) is 7.69. The van der Waals surface area contributed by atoms with E-state index >= 15 is 0 Å². The molecule has 0 unspecified atom stereocenters. The second-order valence-electron chi connectivity index (χ2n) is 6.01. The Kier molecular flexibility index (Phi) is 5.34. The summed E-state index contributed by atoms with van der Waals surface area (Å²) in [5.74, 6) is 1.66. The predicted molar refractivity (Wildman–Crippen MR) is 85.8 cm³/mol. The van der Waals surface area contributed by atoms with Crippen LogP contribution in [-0.4, -0.2) is 28.7 Å². The molecule has 5 nitrogen and oxygen atoms in total. The lowest BCUT2D eigenvalue weighted by Crippen LogP contribution is -2.43. The molecule has 1 aliphatic rings. The maximum atomic E-state index is 12.8. The highest BCUT2D eigenvalue weighted by Crippen LogP contribution is 2.32. The van der Waals surface area contributed by atoms with Crippen LogP contribution in [0.5, 0.6) is 11.5 Å². The maximum absolute atomic E-state index is 12.8. The molecule has 1 saturated carbocycles. The summed E-state index contributed by atoms with van der Waals surface area (Å²) in [5, 5.41) is 0. The Morgan fingerprint density at radius 3 is 2.50 bits per heavy atom. The first-order valence-corrected chi connectivity index (χ1v) is 9.11. The van der Waals surface area contributed by atoms with E-state index in [4.69, 9.17) is 9.47 Å². The summed E-state index contributed by atoms with van der Waals surface area (Å²) in [6.07, 6.45) is 3.08. The quantitative estimate of drug-likeness (QED) is 0.903. The van der Waals surface area contributed by atoms with Gasteiger partial charge in [0.2, 0.25) is 10.0 Å². The van der Waals surface area contributed by atoms with Crippen LogP contribution in [0.4, 0.5) is 0 Å². The van der Waals surface area contributed by atoms with Crippen LogP contribution in [0.15, 0.2) is 23.1 Å². The molecule has 0 bridgehead atoms. The van der Waals surface area contributed by atoms with Gasteiger partial charge in [0.1, 0.15) is 16.4 Å². The molecular formula is C16H25NO4S. The lowest BCUT2D eigenvalue weighted by atomic mass is 9.78. The number of rotatable bonds is 5. The van der Waals surface area contributed by atoms with Crippen LogP contribution < -0.4 is 14.2 Å². The lowest BCUT2D eigenvalue weighted by Gasteiger charge is -2.34. The fourth-order valence-electron chi connectivity index (χ4n) is 3.01. The van der Waals surface area contributed by atoms with Crippen molar-refractivity contribution < 1.29 is 17.9 Å². The number of methoxy groups -OCH3 is 2. The SMILES string of the molecule is COc1ccc(OC)c(S(=O)(=O)N[C@H]2CCC[C@H](C)[C@@H]2C)c1. The Hall–Kier alpha value is -1.27. The van der Waals surface area contributed by atoms with Gasteiger partial charge in [-0.15, -0.1) is 0 Å². The zero-order valence-corrected chi connectivity index (χ0v) is 14.4. The minimum absolute atomic E-state index is 0.0374. The number of nitrogens with one attached hydrogen (secondary N) is 1. The van der Waals surface area contributed by atoms with Crippen LogP contribution in [0.3, 0.4) is 0 Å². The Labute approximate surface area is 133 Å². The molecule has 6 heteroatoms. The van der Waals surface area contributed by atoms with E-state index in [1.165, 1.54) is 20.3 Å². The Morgan fingerprint density at radius 2 is 1.86 bits per heavy atom. The van der Waals surface area contributed by atoms with Crippen LogP contribution >= 0.6 is 0 Å². The summed E-state index contributed by atoms with van der Waals surface area (Å²) in [4.78, 5) is 0.125. The van der Waals surface area contributed by atoms with Gasteiger partial charge >= 0.3 is 0 Å². The molecule has 0 aliphatic heterocycles. The summed E-state index contributed by atoms with van der Waals surface area (Å²) in [7, 11) is -0.672. The number of hydrogen-bond donors (Lipinski definition) is 1. The normalized spacial score (nSPS) is 25.7. The fourth-order valence-corrected chi connectivity index (χ4v) is 4.55. The van der Waals surface area contributed by atoms with E-state index in [-0.39, 0.29) is 10.9 Å². The minimum Gasteiger partial charge on any atom is -0.497 e. The van der Waals surface area contributed by atoms with Gasteiger partial charge in [0.05, 0.1) is 14.2 Å². The standard InChI is InChI=1S/C16H25NO4S/c1-11-6-5-7-14(12(11)2)17-22(18,19)16-10-13(20-3)8-9-15(16)21-4/h8-12,14,17H,5-7H2,1-4H3/t11-,12-,14-/m0/s1. The Balaban J connectivity index is 2.30. The van der Waals surface area contributed by atoms with Crippen molar-refractivity contribution in [3.05, 3.63) is 18.2 Å². The molecule has 0 aromatic heterocycles. The van der Waals surface area contributed by atoms with E-state index in [0.29, 0.717) is 23.3 Å². The van der Waals surface area contributed by atoms with Crippen LogP contribution in [0.1, 0.15) is 33.1 Å². The molecule has 3 atom stereocenters. The topological polar surface area (TPSA) is 64.6 Å². The average molecular weight is 327 g/mol. The van der Waals surface area contributed by atoms with Crippen molar-refractivity contribution in [2.45, 2.75) is 44.0 Å². The predicted octanol–water partition coefficient (Wildman–Crippen LogP) is 2.81. The molecule has 1 aromatic rings. The fraction of sp³-hybridized carbons (Fsp3) is 0.625. The van der Waals surface area contributed by atoms with Gasteiger partial charge in [-0.1, -0.05) is 26.7 Å². The third-order valence-corrected chi connectivity index (χ3v) is 6.18. The van der Waals surface area contributed by atoms with E-state index in [1.54, 1.807) is 12.1 Å². The highest BCUT2D eigenvalue weighted by Gasteiger charge is 2.32. The molecule has 0 amide bonds. The molecule has 1 aliphatic carbocycles. The van der Waals surface area contributed by atoms with E-state index in [0.717, 1.165) is 19.3 Å². The minimum atomic E-state index is -3.65. The molecule has 0 heterocycles. The van der Waals surface area contributed by atoms with E-state index in [2.05, 4.69) is 18.6 Å². The Morgan fingerprint density at radius 1 is 1.14 bits per heavy atom. The Bertz CT molecular complexity index is 615. The lowest BCUT2D eigenvalue weighted by molar-refractivity contribution is 0.226. The zero-order chi connectivity index (χ0) is 16.3.